The van der Waals surface area contributed by atoms with Crippen molar-refractivity contribution >= 4 is 11.8 Å². The van der Waals surface area contributed by atoms with E-state index in [1.54, 1.807) is 0 Å². The third-order valence-electron chi connectivity index (χ3n) is 1.25. The van der Waals surface area contributed by atoms with Gasteiger partial charge in [0.15, 0.2) is 0 Å². The second-order valence-corrected chi connectivity index (χ2v) is 2.35. The Kier molecular flexibility index (Phi) is 2.54. The van der Waals surface area contributed by atoms with Crippen LogP contribution in [0.3, 0.4) is 0 Å². The van der Waals surface area contributed by atoms with Crippen molar-refractivity contribution in [3.63, 3.8) is 0 Å². The monoisotopic (exact) mass is 146 g/mol. The first-order valence-corrected chi connectivity index (χ1v) is 2.74. The minimum Gasteiger partial charge on any atom is -0.475 e. The van der Waals surface area contributed by atoms with Crippen LogP contribution in [0.15, 0.2) is 0 Å². The topological polar surface area (TPSA) is 63.6 Å². The Morgan fingerprint density at radius 3 is 1.90 bits per heavy atom. The maximum absolute atomic E-state index is 10.7. The minimum atomic E-state index is -1.47. The summed E-state index contributed by atoms with van der Waals surface area (Å²) in [6, 6.07) is 0. The Morgan fingerprint density at radius 1 is 1.40 bits per heavy atom. The smallest absolute Gasteiger partial charge is 0.375 e. The van der Waals surface area contributed by atoms with Crippen LogP contribution < -0.4 is 0 Å². The van der Waals surface area contributed by atoms with E-state index < -0.39 is 17.4 Å². The molecular formula is C6H10O4. The number of hydrogen-bond acceptors (Lipinski definition) is 3. The molecule has 0 radical (unpaired) electrons. The van der Waals surface area contributed by atoms with E-state index in [2.05, 4.69) is 4.74 Å². The normalized spacial score (nSPS) is 11.1. The van der Waals surface area contributed by atoms with Crippen LogP contribution in [0.4, 0.5) is 0 Å². The molecule has 0 rings (SSSR count). The average Bonchev–Trinajstić information content (AvgIpc) is 1.86. The third-order valence-corrected chi connectivity index (χ3v) is 1.25. The van der Waals surface area contributed by atoms with Crippen LogP contribution >= 0.6 is 0 Å². The number of Topliss-reactive ketones (excluding diaryl/α,β-unsaturated/α-hetero) is 1. The molecule has 0 bridgehead atoms. The summed E-state index contributed by atoms with van der Waals surface area (Å²) in [6.07, 6.45) is 0. The van der Waals surface area contributed by atoms with Crippen molar-refractivity contribution < 1.29 is 19.4 Å². The summed E-state index contributed by atoms with van der Waals surface area (Å²) >= 11 is 0. The van der Waals surface area contributed by atoms with Crippen LogP contribution in [-0.2, 0) is 14.3 Å². The molecule has 58 valence electrons. The summed E-state index contributed by atoms with van der Waals surface area (Å²) in [5.41, 5.74) is -1.22. The summed E-state index contributed by atoms with van der Waals surface area (Å²) in [4.78, 5) is 20.7. The van der Waals surface area contributed by atoms with E-state index in [0.717, 1.165) is 0 Å². The van der Waals surface area contributed by atoms with Gasteiger partial charge in [-0.2, -0.15) is 0 Å². The fraction of sp³-hybridized carbons (Fsp3) is 0.667. The number of ether oxygens (including phenoxy) is 1. The van der Waals surface area contributed by atoms with Crippen molar-refractivity contribution in [1.82, 2.24) is 0 Å². The van der Waals surface area contributed by atoms with E-state index in [0.29, 0.717) is 0 Å². The second kappa shape index (κ2) is 2.79. The number of carboxylic acids is 1. The molecule has 10 heavy (non-hydrogen) atoms. The van der Waals surface area contributed by atoms with Gasteiger partial charge in [0.2, 0.25) is 0 Å². The number of carbonyl (C=O) groups excluding carboxylic acids is 1. The van der Waals surface area contributed by atoms with Crippen LogP contribution in [0.2, 0.25) is 0 Å². The number of carboxylic acid groups (broad SMARTS) is 1. The van der Waals surface area contributed by atoms with Gasteiger partial charge in [-0.1, -0.05) is 0 Å². The van der Waals surface area contributed by atoms with Gasteiger partial charge in [0.25, 0.3) is 5.78 Å². The molecule has 0 saturated carbocycles. The molecule has 0 unspecified atom stereocenters. The van der Waals surface area contributed by atoms with E-state index in [1.165, 1.54) is 21.0 Å². The van der Waals surface area contributed by atoms with Crippen molar-refractivity contribution in [2.45, 2.75) is 19.4 Å². The quantitative estimate of drug-likeness (QED) is 0.572. The maximum atomic E-state index is 10.7. The van der Waals surface area contributed by atoms with Gasteiger partial charge in [0.1, 0.15) is 5.60 Å². The van der Waals surface area contributed by atoms with E-state index in [1.807, 2.05) is 0 Å². The van der Waals surface area contributed by atoms with Crippen molar-refractivity contribution in [3.05, 3.63) is 0 Å². The number of hydrogen-bond donors (Lipinski definition) is 1. The molecule has 0 amide bonds. The van der Waals surface area contributed by atoms with Gasteiger partial charge in [-0.15, -0.1) is 0 Å². The molecule has 0 aromatic rings. The van der Waals surface area contributed by atoms with E-state index in [-0.39, 0.29) is 0 Å². The highest BCUT2D eigenvalue weighted by Gasteiger charge is 2.32. The third kappa shape index (κ3) is 1.80. The van der Waals surface area contributed by atoms with Crippen LogP contribution in [0.25, 0.3) is 0 Å². The predicted molar refractivity (Wildman–Crippen MR) is 33.7 cm³/mol. The fourth-order valence-electron chi connectivity index (χ4n) is 0.350. The van der Waals surface area contributed by atoms with Gasteiger partial charge in [0.05, 0.1) is 0 Å². The van der Waals surface area contributed by atoms with Crippen LogP contribution in [-0.4, -0.2) is 29.6 Å². The number of aliphatic carboxylic acids is 1. The lowest BCUT2D eigenvalue weighted by molar-refractivity contribution is -0.158. The lowest BCUT2D eigenvalue weighted by atomic mass is 10.0. The lowest BCUT2D eigenvalue weighted by Gasteiger charge is -2.17. The predicted octanol–water partition coefficient (Wildman–Crippen LogP) is 0.0651. The zero-order valence-corrected chi connectivity index (χ0v) is 6.17. The first kappa shape index (κ1) is 9.10. The molecule has 0 aliphatic carbocycles. The second-order valence-electron chi connectivity index (χ2n) is 2.35. The van der Waals surface area contributed by atoms with Gasteiger partial charge >= 0.3 is 5.97 Å². The molecule has 4 heteroatoms. The van der Waals surface area contributed by atoms with Crippen LogP contribution in [0.1, 0.15) is 13.8 Å². The number of carbonyl (C=O) groups is 2. The summed E-state index contributed by atoms with van der Waals surface area (Å²) in [7, 11) is 1.29. The van der Waals surface area contributed by atoms with Crippen LogP contribution in [0.5, 0.6) is 0 Å². The standard InChI is InChI=1S/C6H10O4/c1-6(2,10-3)4(7)5(8)9/h1-3H3,(H,8,9). The Labute approximate surface area is 58.8 Å². The summed E-state index contributed by atoms with van der Waals surface area (Å²) in [5.74, 6) is -2.40. The molecule has 0 saturated heterocycles. The fourth-order valence-corrected chi connectivity index (χ4v) is 0.350. The maximum Gasteiger partial charge on any atom is 0.375 e. The molecule has 0 aromatic carbocycles. The Balaban J connectivity index is 4.33. The molecule has 0 fully saturated rings. The molecule has 0 atom stereocenters. The molecule has 0 aromatic heterocycles. The Hall–Kier alpha value is -0.900. The highest BCUT2D eigenvalue weighted by atomic mass is 16.5. The van der Waals surface area contributed by atoms with Gasteiger partial charge in [-0.3, -0.25) is 4.79 Å². The zero-order chi connectivity index (χ0) is 8.36. The summed E-state index contributed by atoms with van der Waals surface area (Å²) in [5, 5.41) is 8.22. The summed E-state index contributed by atoms with van der Waals surface area (Å²) in [6.45, 7) is 2.81. The first-order chi connectivity index (χ1) is 4.41. The molecule has 0 heterocycles. The van der Waals surface area contributed by atoms with Gasteiger partial charge in [-0.05, 0) is 13.8 Å². The molecular weight excluding hydrogens is 136 g/mol. The SMILES string of the molecule is COC(C)(C)C(=O)C(=O)O. The number of methoxy groups -OCH3 is 1. The van der Waals surface area contributed by atoms with Gasteiger partial charge in [-0.25, -0.2) is 4.79 Å². The minimum absolute atomic E-state index is 0.935. The molecule has 0 aliphatic rings. The van der Waals surface area contributed by atoms with Crippen LogP contribution in [0, 0.1) is 0 Å². The first-order valence-electron chi connectivity index (χ1n) is 2.74. The van der Waals surface area contributed by atoms with E-state index in [9.17, 15) is 9.59 Å². The Bertz CT molecular complexity index is 159. The average molecular weight is 146 g/mol. The van der Waals surface area contributed by atoms with Crippen molar-refractivity contribution in [2.75, 3.05) is 7.11 Å². The van der Waals surface area contributed by atoms with E-state index >= 15 is 0 Å². The largest absolute Gasteiger partial charge is 0.475 e. The molecule has 0 aliphatic heterocycles. The van der Waals surface area contributed by atoms with Crippen molar-refractivity contribution in [2.24, 2.45) is 0 Å². The van der Waals surface area contributed by atoms with E-state index in [4.69, 9.17) is 5.11 Å². The lowest BCUT2D eigenvalue weighted by Crippen LogP contribution is -2.38. The van der Waals surface area contributed by atoms with Gasteiger partial charge < -0.3 is 9.84 Å². The molecule has 0 spiro atoms. The number of ketones is 1. The number of rotatable bonds is 3. The summed E-state index contributed by atoms with van der Waals surface area (Å²) < 4.78 is 4.63. The molecule has 1 N–H and O–H groups in total. The molecule has 4 nitrogen and oxygen atoms in total. The highest BCUT2D eigenvalue weighted by molar-refractivity contribution is 6.35. The zero-order valence-electron chi connectivity index (χ0n) is 6.17. The van der Waals surface area contributed by atoms with Gasteiger partial charge in [0, 0.05) is 7.11 Å². The van der Waals surface area contributed by atoms with Crippen molar-refractivity contribution in [1.29, 1.82) is 0 Å². The van der Waals surface area contributed by atoms with Crippen molar-refractivity contribution in [3.8, 4) is 0 Å². The highest BCUT2D eigenvalue weighted by Crippen LogP contribution is 2.08. The Morgan fingerprint density at radius 2 is 1.80 bits per heavy atom.